The molecule has 152 valence electrons. The van der Waals surface area contributed by atoms with Crippen molar-refractivity contribution in [2.24, 2.45) is 0 Å². The molecule has 4 rings (SSSR count). The number of nitrogens with one attached hydrogen (secondary N) is 1. The number of nitrogens with zero attached hydrogens (tertiary/aromatic N) is 3. The second kappa shape index (κ2) is 8.83. The number of benzene rings is 2. The standard InChI is InChI=1S/C21H16F2N4O2S/c22-20(23)29-18-9-5-4-8-16(18)17-13-30-21(25-17)26-19(28)15-10-24-27(12-15)11-14-6-2-1-3-7-14/h1-10,12-13,20H,11H2,(H,25,26,28). The van der Waals surface area contributed by atoms with Gasteiger partial charge in [0.1, 0.15) is 5.75 Å². The van der Waals surface area contributed by atoms with E-state index in [0.29, 0.717) is 28.5 Å². The van der Waals surface area contributed by atoms with Crippen molar-refractivity contribution in [3.8, 4) is 17.0 Å². The average molecular weight is 426 g/mol. The van der Waals surface area contributed by atoms with Crippen molar-refractivity contribution >= 4 is 22.4 Å². The average Bonchev–Trinajstić information content (AvgIpc) is 3.39. The lowest BCUT2D eigenvalue weighted by molar-refractivity contribution is -0.0494. The van der Waals surface area contributed by atoms with Gasteiger partial charge in [-0.05, 0) is 17.7 Å². The number of carbonyl (C=O) groups excluding carboxylic acids is 1. The Bertz CT molecular complexity index is 1140. The van der Waals surface area contributed by atoms with Crippen LogP contribution in [0.3, 0.4) is 0 Å². The topological polar surface area (TPSA) is 69.0 Å². The summed E-state index contributed by atoms with van der Waals surface area (Å²) in [6.07, 6.45) is 3.14. The lowest BCUT2D eigenvalue weighted by Gasteiger charge is -2.08. The number of carbonyl (C=O) groups is 1. The third kappa shape index (κ3) is 4.69. The fraction of sp³-hybridized carbons (Fsp3) is 0.0952. The minimum Gasteiger partial charge on any atom is -0.434 e. The first-order valence-electron chi connectivity index (χ1n) is 8.96. The Hall–Kier alpha value is -3.59. The van der Waals surface area contributed by atoms with Gasteiger partial charge in [0.2, 0.25) is 0 Å². The van der Waals surface area contributed by atoms with Crippen molar-refractivity contribution in [1.82, 2.24) is 14.8 Å². The smallest absolute Gasteiger partial charge is 0.387 e. The number of hydrogen-bond donors (Lipinski definition) is 1. The number of thiazole rings is 1. The SMILES string of the molecule is O=C(Nc1nc(-c2ccccc2OC(F)F)cs1)c1cnn(Cc2ccccc2)c1. The maximum atomic E-state index is 12.6. The zero-order valence-corrected chi connectivity index (χ0v) is 16.4. The molecule has 0 aliphatic rings. The summed E-state index contributed by atoms with van der Waals surface area (Å²) in [4.78, 5) is 16.8. The van der Waals surface area contributed by atoms with Crippen molar-refractivity contribution < 1.29 is 18.3 Å². The van der Waals surface area contributed by atoms with Crippen molar-refractivity contribution in [3.63, 3.8) is 0 Å². The summed E-state index contributed by atoms with van der Waals surface area (Å²) in [6.45, 7) is -2.38. The molecule has 0 saturated carbocycles. The minimum absolute atomic E-state index is 0.0258. The van der Waals surface area contributed by atoms with E-state index in [4.69, 9.17) is 0 Å². The fourth-order valence-corrected chi connectivity index (χ4v) is 3.54. The van der Waals surface area contributed by atoms with Gasteiger partial charge in [-0.1, -0.05) is 42.5 Å². The molecule has 0 spiro atoms. The summed E-state index contributed by atoms with van der Waals surface area (Å²) in [7, 11) is 0. The van der Waals surface area contributed by atoms with Gasteiger partial charge in [0.05, 0.1) is 24.0 Å². The highest BCUT2D eigenvalue weighted by atomic mass is 32.1. The molecule has 1 amide bonds. The largest absolute Gasteiger partial charge is 0.434 e. The summed E-state index contributed by atoms with van der Waals surface area (Å²) in [5.74, 6) is -0.329. The zero-order valence-electron chi connectivity index (χ0n) is 15.5. The molecule has 2 aromatic carbocycles. The number of ether oxygens (including phenoxy) is 1. The highest BCUT2D eigenvalue weighted by molar-refractivity contribution is 7.14. The number of alkyl halides is 2. The van der Waals surface area contributed by atoms with Crippen LogP contribution in [0.4, 0.5) is 13.9 Å². The normalized spacial score (nSPS) is 10.9. The van der Waals surface area contributed by atoms with Crippen molar-refractivity contribution in [2.45, 2.75) is 13.2 Å². The van der Waals surface area contributed by atoms with Crippen molar-refractivity contribution in [1.29, 1.82) is 0 Å². The van der Waals surface area contributed by atoms with Crippen LogP contribution in [-0.4, -0.2) is 27.3 Å². The number of anilines is 1. The molecule has 0 saturated heterocycles. The molecule has 1 N–H and O–H groups in total. The number of para-hydroxylation sites is 1. The molecule has 2 heterocycles. The predicted molar refractivity (Wildman–Crippen MR) is 110 cm³/mol. The molecule has 6 nitrogen and oxygen atoms in total. The number of hydrogen-bond acceptors (Lipinski definition) is 5. The van der Waals surface area contributed by atoms with E-state index in [9.17, 15) is 13.6 Å². The Balaban J connectivity index is 1.45. The molecule has 0 bridgehead atoms. The van der Waals surface area contributed by atoms with Gasteiger partial charge < -0.3 is 4.74 Å². The van der Waals surface area contributed by atoms with Gasteiger partial charge in [0, 0.05) is 17.1 Å². The van der Waals surface area contributed by atoms with E-state index >= 15 is 0 Å². The first-order valence-corrected chi connectivity index (χ1v) is 9.84. The van der Waals surface area contributed by atoms with Crippen LogP contribution in [-0.2, 0) is 6.54 Å². The first kappa shape index (κ1) is 19.7. The second-order valence-electron chi connectivity index (χ2n) is 6.28. The van der Waals surface area contributed by atoms with Crippen LogP contribution < -0.4 is 10.1 Å². The summed E-state index contributed by atoms with van der Waals surface area (Å²) in [5, 5.41) is 8.94. The predicted octanol–water partition coefficient (Wildman–Crippen LogP) is 4.91. The summed E-state index contributed by atoms with van der Waals surface area (Å²) >= 11 is 1.19. The highest BCUT2D eigenvalue weighted by Crippen LogP contribution is 2.33. The van der Waals surface area contributed by atoms with E-state index in [0.717, 1.165) is 5.56 Å². The molecular weight excluding hydrogens is 410 g/mol. The van der Waals surface area contributed by atoms with Gasteiger partial charge >= 0.3 is 6.61 Å². The van der Waals surface area contributed by atoms with E-state index in [-0.39, 0.29) is 11.7 Å². The van der Waals surface area contributed by atoms with E-state index in [1.807, 2.05) is 30.3 Å². The van der Waals surface area contributed by atoms with Crippen LogP contribution in [0, 0.1) is 0 Å². The van der Waals surface area contributed by atoms with Crippen molar-refractivity contribution in [2.75, 3.05) is 5.32 Å². The molecule has 0 aliphatic carbocycles. The molecule has 0 unspecified atom stereocenters. The van der Waals surface area contributed by atoms with Gasteiger partial charge in [-0.15, -0.1) is 11.3 Å². The fourth-order valence-electron chi connectivity index (χ4n) is 2.84. The van der Waals surface area contributed by atoms with Gasteiger partial charge in [-0.3, -0.25) is 14.8 Å². The molecule has 30 heavy (non-hydrogen) atoms. The Morgan fingerprint density at radius 3 is 2.70 bits per heavy atom. The van der Waals surface area contributed by atoms with E-state index in [1.165, 1.54) is 23.6 Å². The number of amides is 1. The van der Waals surface area contributed by atoms with Crippen LogP contribution in [0.2, 0.25) is 0 Å². The van der Waals surface area contributed by atoms with Gasteiger partial charge in [-0.2, -0.15) is 13.9 Å². The van der Waals surface area contributed by atoms with E-state index in [1.54, 1.807) is 34.5 Å². The Labute approximate surface area is 174 Å². The lowest BCUT2D eigenvalue weighted by atomic mass is 10.1. The molecule has 9 heteroatoms. The van der Waals surface area contributed by atoms with Crippen LogP contribution in [0.1, 0.15) is 15.9 Å². The highest BCUT2D eigenvalue weighted by Gasteiger charge is 2.15. The number of aromatic nitrogens is 3. The Morgan fingerprint density at radius 1 is 1.13 bits per heavy atom. The van der Waals surface area contributed by atoms with E-state index in [2.05, 4.69) is 20.1 Å². The Morgan fingerprint density at radius 2 is 1.90 bits per heavy atom. The molecule has 0 radical (unpaired) electrons. The zero-order chi connectivity index (χ0) is 20.9. The van der Waals surface area contributed by atoms with Crippen LogP contribution in [0.25, 0.3) is 11.3 Å². The summed E-state index contributed by atoms with van der Waals surface area (Å²) in [5.41, 5.74) is 2.32. The number of rotatable bonds is 7. The van der Waals surface area contributed by atoms with E-state index < -0.39 is 6.61 Å². The first-order chi connectivity index (χ1) is 14.6. The number of halogens is 2. The van der Waals surface area contributed by atoms with Gasteiger partial charge in [0.25, 0.3) is 5.91 Å². The molecule has 0 aliphatic heterocycles. The van der Waals surface area contributed by atoms with Crippen LogP contribution >= 0.6 is 11.3 Å². The molecule has 0 atom stereocenters. The monoisotopic (exact) mass is 426 g/mol. The summed E-state index contributed by atoms with van der Waals surface area (Å²) < 4.78 is 31.5. The molecular formula is C21H16F2N4O2S. The molecule has 0 fully saturated rings. The third-order valence-electron chi connectivity index (χ3n) is 4.19. The van der Waals surface area contributed by atoms with Crippen molar-refractivity contribution in [3.05, 3.63) is 83.5 Å². The second-order valence-corrected chi connectivity index (χ2v) is 7.14. The van der Waals surface area contributed by atoms with Gasteiger partial charge in [0.15, 0.2) is 5.13 Å². The Kier molecular flexibility index (Phi) is 5.80. The summed E-state index contributed by atoms with van der Waals surface area (Å²) in [6, 6.07) is 16.2. The van der Waals surface area contributed by atoms with Crippen LogP contribution in [0.15, 0.2) is 72.4 Å². The third-order valence-corrected chi connectivity index (χ3v) is 4.94. The molecule has 4 aromatic rings. The van der Waals surface area contributed by atoms with Gasteiger partial charge in [-0.25, -0.2) is 4.98 Å². The maximum absolute atomic E-state index is 12.6. The van der Waals surface area contributed by atoms with Crippen LogP contribution in [0.5, 0.6) is 5.75 Å². The maximum Gasteiger partial charge on any atom is 0.387 e. The quantitative estimate of drug-likeness (QED) is 0.456. The molecule has 2 aromatic heterocycles. The minimum atomic E-state index is -2.93. The lowest BCUT2D eigenvalue weighted by Crippen LogP contribution is -2.11.